The van der Waals surface area contributed by atoms with Crippen LogP contribution in [-0.4, -0.2) is 24.5 Å². The van der Waals surface area contributed by atoms with E-state index in [4.69, 9.17) is 0 Å². The lowest BCUT2D eigenvalue weighted by Gasteiger charge is -2.05. The van der Waals surface area contributed by atoms with Crippen LogP contribution in [0.15, 0.2) is 12.3 Å². The quantitative estimate of drug-likeness (QED) is 0.429. The summed E-state index contributed by atoms with van der Waals surface area (Å²) in [7, 11) is 1.82. The minimum atomic E-state index is -0.0625. The first-order valence-electron chi connectivity index (χ1n) is 2.40. The molecule has 1 saturated heterocycles. The smallest absolute Gasteiger partial charge is 0.268 e. The van der Waals surface area contributed by atoms with E-state index in [9.17, 15) is 4.79 Å². The summed E-state index contributed by atoms with van der Waals surface area (Å²) in [5.41, 5.74) is 0.546. The standard InChI is InChI=1S/C5H8N2O/c1-4-5(8)6-3-7(4)2/h1,3H2,2H3,(H,6,8). The van der Waals surface area contributed by atoms with Gasteiger partial charge in [0, 0.05) is 7.05 Å². The van der Waals surface area contributed by atoms with Crippen molar-refractivity contribution < 1.29 is 4.79 Å². The van der Waals surface area contributed by atoms with Gasteiger partial charge in [0.15, 0.2) is 0 Å². The molecule has 1 fully saturated rings. The Balaban J connectivity index is 2.71. The average Bonchev–Trinajstić information content (AvgIpc) is 1.98. The number of rotatable bonds is 0. The van der Waals surface area contributed by atoms with Crippen molar-refractivity contribution in [2.24, 2.45) is 0 Å². The molecule has 44 valence electrons. The zero-order chi connectivity index (χ0) is 6.15. The second-order valence-electron chi connectivity index (χ2n) is 1.81. The van der Waals surface area contributed by atoms with Crippen LogP contribution in [0.1, 0.15) is 0 Å². The number of likely N-dealkylation sites (N-methyl/N-ethyl adjacent to an activating group) is 1. The minimum absolute atomic E-state index is 0.0625. The molecule has 1 N–H and O–H groups in total. The highest BCUT2D eigenvalue weighted by Gasteiger charge is 2.17. The molecule has 0 saturated carbocycles. The van der Waals surface area contributed by atoms with Crippen LogP contribution in [0, 0.1) is 0 Å². The molecule has 0 atom stereocenters. The van der Waals surface area contributed by atoms with E-state index in [2.05, 4.69) is 11.9 Å². The van der Waals surface area contributed by atoms with Gasteiger partial charge in [0.1, 0.15) is 0 Å². The van der Waals surface area contributed by atoms with Crippen LogP contribution >= 0.6 is 0 Å². The largest absolute Gasteiger partial charge is 0.353 e. The van der Waals surface area contributed by atoms with E-state index in [-0.39, 0.29) is 5.91 Å². The maximum Gasteiger partial charge on any atom is 0.268 e. The van der Waals surface area contributed by atoms with Crippen LogP contribution in [0.2, 0.25) is 0 Å². The summed E-state index contributed by atoms with van der Waals surface area (Å²) in [5, 5.41) is 2.61. The summed E-state index contributed by atoms with van der Waals surface area (Å²) in [6.07, 6.45) is 0. The molecule has 1 aliphatic rings. The maximum absolute atomic E-state index is 10.5. The van der Waals surface area contributed by atoms with Crippen LogP contribution in [0.3, 0.4) is 0 Å². The molecule has 3 heteroatoms. The van der Waals surface area contributed by atoms with Crippen molar-refractivity contribution in [1.29, 1.82) is 0 Å². The van der Waals surface area contributed by atoms with Gasteiger partial charge in [-0.2, -0.15) is 0 Å². The molecule has 0 aromatic rings. The molecular weight excluding hydrogens is 104 g/mol. The van der Waals surface area contributed by atoms with Crippen LogP contribution in [0.4, 0.5) is 0 Å². The third-order valence-corrected chi connectivity index (χ3v) is 1.20. The molecule has 1 amide bonds. The Hall–Kier alpha value is -0.990. The summed E-state index contributed by atoms with van der Waals surface area (Å²) in [5.74, 6) is -0.0625. The van der Waals surface area contributed by atoms with Gasteiger partial charge in [0.25, 0.3) is 5.91 Å². The number of nitrogens with zero attached hydrogens (tertiary/aromatic N) is 1. The summed E-state index contributed by atoms with van der Waals surface area (Å²) in [4.78, 5) is 12.3. The molecule has 0 unspecified atom stereocenters. The van der Waals surface area contributed by atoms with Gasteiger partial charge in [-0.3, -0.25) is 4.79 Å². The van der Waals surface area contributed by atoms with Gasteiger partial charge < -0.3 is 10.2 Å². The monoisotopic (exact) mass is 112 g/mol. The predicted octanol–water partition coefficient (Wildman–Crippen LogP) is -0.481. The van der Waals surface area contributed by atoms with Crippen molar-refractivity contribution in [1.82, 2.24) is 10.2 Å². The molecule has 0 spiro atoms. The number of amides is 1. The Bertz CT molecular complexity index is 141. The zero-order valence-corrected chi connectivity index (χ0v) is 4.77. The molecule has 0 aromatic heterocycles. The van der Waals surface area contributed by atoms with E-state index in [1.807, 2.05) is 7.05 Å². The topological polar surface area (TPSA) is 32.3 Å². The maximum atomic E-state index is 10.5. The lowest BCUT2D eigenvalue weighted by molar-refractivity contribution is -0.116. The highest BCUT2D eigenvalue weighted by Crippen LogP contribution is 2.01. The van der Waals surface area contributed by atoms with Crippen LogP contribution in [0.25, 0.3) is 0 Å². The predicted molar refractivity (Wildman–Crippen MR) is 29.9 cm³/mol. The summed E-state index contributed by atoms with van der Waals surface area (Å²) in [6, 6.07) is 0. The fourth-order valence-electron chi connectivity index (χ4n) is 0.561. The van der Waals surface area contributed by atoms with E-state index in [1.165, 1.54) is 0 Å². The lowest BCUT2D eigenvalue weighted by atomic mass is 10.5. The van der Waals surface area contributed by atoms with E-state index >= 15 is 0 Å². The Labute approximate surface area is 48.0 Å². The van der Waals surface area contributed by atoms with Gasteiger partial charge in [0.05, 0.1) is 12.4 Å². The van der Waals surface area contributed by atoms with E-state index in [1.54, 1.807) is 4.90 Å². The molecule has 0 radical (unpaired) electrons. The second kappa shape index (κ2) is 1.51. The first-order valence-corrected chi connectivity index (χ1v) is 2.40. The van der Waals surface area contributed by atoms with E-state index in [0.717, 1.165) is 0 Å². The fourth-order valence-corrected chi connectivity index (χ4v) is 0.561. The number of hydrogen-bond donors (Lipinski definition) is 1. The van der Waals surface area contributed by atoms with Crippen molar-refractivity contribution in [3.63, 3.8) is 0 Å². The number of hydrogen-bond acceptors (Lipinski definition) is 2. The van der Waals surface area contributed by atoms with Gasteiger partial charge in [-0.1, -0.05) is 6.58 Å². The minimum Gasteiger partial charge on any atom is -0.353 e. The molecule has 3 nitrogen and oxygen atoms in total. The molecule has 0 aliphatic carbocycles. The number of carbonyl (C=O) groups is 1. The first kappa shape index (κ1) is 5.15. The molecule has 8 heavy (non-hydrogen) atoms. The van der Waals surface area contributed by atoms with Gasteiger partial charge >= 0.3 is 0 Å². The van der Waals surface area contributed by atoms with Crippen molar-refractivity contribution in [3.8, 4) is 0 Å². The Morgan fingerprint density at radius 1 is 1.88 bits per heavy atom. The third kappa shape index (κ3) is 0.559. The molecular formula is C5H8N2O. The van der Waals surface area contributed by atoms with Crippen LogP contribution in [0.5, 0.6) is 0 Å². The molecule has 0 bridgehead atoms. The van der Waals surface area contributed by atoms with E-state index < -0.39 is 0 Å². The highest BCUT2D eigenvalue weighted by molar-refractivity contribution is 5.93. The number of nitrogens with one attached hydrogen (secondary N) is 1. The van der Waals surface area contributed by atoms with Crippen molar-refractivity contribution in [2.75, 3.05) is 13.7 Å². The fraction of sp³-hybridized carbons (Fsp3) is 0.400. The molecule has 1 aliphatic heterocycles. The van der Waals surface area contributed by atoms with Gasteiger partial charge in [-0.25, -0.2) is 0 Å². The Kier molecular flexibility index (Phi) is 0.970. The van der Waals surface area contributed by atoms with E-state index in [0.29, 0.717) is 12.4 Å². The first-order chi connectivity index (χ1) is 3.72. The third-order valence-electron chi connectivity index (χ3n) is 1.20. The van der Waals surface area contributed by atoms with Gasteiger partial charge in [0.2, 0.25) is 0 Å². The number of carbonyl (C=O) groups excluding carboxylic acids is 1. The molecule has 1 heterocycles. The average molecular weight is 112 g/mol. The molecule has 0 aromatic carbocycles. The van der Waals surface area contributed by atoms with Crippen molar-refractivity contribution >= 4 is 5.91 Å². The van der Waals surface area contributed by atoms with Crippen LogP contribution in [-0.2, 0) is 4.79 Å². The summed E-state index contributed by atoms with van der Waals surface area (Å²) >= 11 is 0. The Morgan fingerprint density at radius 3 is 2.62 bits per heavy atom. The zero-order valence-electron chi connectivity index (χ0n) is 4.77. The van der Waals surface area contributed by atoms with Gasteiger partial charge in [-0.15, -0.1) is 0 Å². The van der Waals surface area contributed by atoms with Gasteiger partial charge in [-0.05, 0) is 0 Å². The second-order valence-corrected chi connectivity index (χ2v) is 1.81. The lowest BCUT2D eigenvalue weighted by Crippen LogP contribution is -2.16. The van der Waals surface area contributed by atoms with Crippen molar-refractivity contribution in [3.05, 3.63) is 12.3 Å². The summed E-state index contributed by atoms with van der Waals surface area (Å²) in [6.45, 7) is 4.12. The van der Waals surface area contributed by atoms with Crippen LogP contribution < -0.4 is 5.32 Å². The highest BCUT2D eigenvalue weighted by atomic mass is 16.2. The Morgan fingerprint density at radius 2 is 2.50 bits per heavy atom. The normalized spacial score (nSPS) is 19.4. The van der Waals surface area contributed by atoms with Crippen molar-refractivity contribution in [2.45, 2.75) is 0 Å². The summed E-state index contributed by atoms with van der Waals surface area (Å²) < 4.78 is 0. The SMILES string of the molecule is C=C1C(=O)NCN1C. The molecule has 1 rings (SSSR count).